The predicted molar refractivity (Wildman–Crippen MR) is 122 cm³/mol. The molecule has 1 amide bonds. The number of nitro benzene ring substituents is 1. The van der Waals surface area contributed by atoms with E-state index in [0.717, 1.165) is 34.0 Å². The number of phenols is 1. The Morgan fingerprint density at radius 2 is 1.88 bits per heavy atom. The maximum Gasteiger partial charge on any atom is 0.271 e. The third-order valence-electron chi connectivity index (χ3n) is 5.52. The molecule has 8 heteroatoms. The van der Waals surface area contributed by atoms with E-state index in [1.807, 2.05) is 61.7 Å². The van der Waals surface area contributed by atoms with E-state index in [-0.39, 0.29) is 23.5 Å². The summed E-state index contributed by atoms with van der Waals surface area (Å²) in [5.74, 6) is -0.665. The number of carbonyl (C=O) groups is 1. The number of benzene rings is 2. The number of rotatable bonds is 5. The van der Waals surface area contributed by atoms with E-state index >= 15 is 0 Å². The molecule has 2 aromatic carbocycles. The molecule has 4 aromatic rings. The van der Waals surface area contributed by atoms with Gasteiger partial charge in [-0.25, -0.2) is 4.98 Å². The Balaban J connectivity index is 1.74. The SMILES string of the molecule is Cc1ccc(-c2nc3c(C)cccn3c2CC(=O)Nc2cc([N+](=O)[O-])ccc2O)cc1C. The van der Waals surface area contributed by atoms with Crippen LogP contribution in [-0.4, -0.2) is 25.3 Å². The minimum absolute atomic E-state index is 0.0121. The van der Waals surface area contributed by atoms with Gasteiger partial charge in [0.1, 0.15) is 11.4 Å². The summed E-state index contributed by atoms with van der Waals surface area (Å²) >= 11 is 0. The average molecular weight is 430 g/mol. The highest BCUT2D eigenvalue weighted by Gasteiger charge is 2.20. The number of amides is 1. The van der Waals surface area contributed by atoms with Gasteiger partial charge in [-0.05, 0) is 55.7 Å². The molecule has 162 valence electrons. The van der Waals surface area contributed by atoms with Crippen molar-refractivity contribution in [3.05, 3.63) is 87.2 Å². The van der Waals surface area contributed by atoms with Crippen molar-refractivity contribution in [2.45, 2.75) is 27.2 Å². The molecular formula is C24H22N4O4. The first kappa shape index (κ1) is 21.0. The molecule has 0 saturated carbocycles. The van der Waals surface area contributed by atoms with Crippen LogP contribution in [0.2, 0.25) is 0 Å². The lowest BCUT2D eigenvalue weighted by molar-refractivity contribution is -0.384. The number of nitro groups is 1. The molecule has 0 aliphatic heterocycles. The van der Waals surface area contributed by atoms with Crippen LogP contribution in [0.5, 0.6) is 5.75 Å². The second-order valence-electron chi connectivity index (χ2n) is 7.77. The Hall–Kier alpha value is -4.20. The molecular weight excluding hydrogens is 408 g/mol. The van der Waals surface area contributed by atoms with E-state index < -0.39 is 10.8 Å². The van der Waals surface area contributed by atoms with Crippen LogP contribution in [-0.2, 0) is 11.2 Å². The van der Waals surface area contributed by atoms with Gasteiger partial charge in [-0.3, -0.25) is 14.9 Å². The summed E-state index contributed by atoms with van der Waals surface area (Å²) in [6, 6.07) is 13.4. The van der Waals surface area contributed by atoms with Gasteiger partial charge in [0.05, 0.1) is 28.4 Å². The van der Waals surface area contributed by atoms with Crippen molar-refractivity contribution in [3.63, 3.8) is 0 Å². The number of hydrogen-bond donors (Lipinski definition) is 2. The Kier molecular flexibility index (Phi) is 5.36. The second kappa shape index (κ2) is 8.14. The number of anilines is 1. The minimum Gasteiger partial charge on any atom is -0.506 e. The van der Waals surface area contributed by atoms with Crippen molar-refractivity contribution in [2.24, 2.45) is 0 Å². The zero-order chi connectivity index (χ0) is 23.0. The van der Waals surface area contributed by atoms with Crippen LogP contribution < -0.4 is 5.32 Å². The molecule has 0 spiro atoms. The average Bonchev–Trinajstić information content (AvgIpc) is 3.11. The third-order valence-corrected chi connectivity index (χ3v) is 5.52. The molecule has 2 aromatic heterocycles. The molecule has 32 heavy (non-hydrogen) atoms. The fourth-order valence-electron chi connectivity index (χ4n) is 3.63. The Bertz CT molecular complexity index is 1370. The van der Waals surface area contributed by atoms with Crippen LogP contribution in [0.4, 0.5) is 11.4 Å². The molecule has 2 heterocycles. The van der Waals surface area contributed by atoms with Gasteiger partial charge in [-0.15, -0.1) is 0 Å². The first-order valence-electron chi connectivity index (χ1n) is 10.1. The summed E-state index contributed by atoms with van der Waals surface area (Å²) in [5, 5.41) is 23.7. The number of nitrogens with zero attached hydrogens (tertiary/aromatic N) is 3. The number of imidazole rings is 1. The Morgan fingerprint density at radius 1 is 1.09 bits per heavy atom. The predicted octanol–water partition coefficient (Wildman–Crippen LogP) is 4.72. The maximum absolute atomic E-state index is 12.9. The number of nitrogens with one attached hydrogen (secondary N) is 1. The number of non-ortho nitro benzene ring substituents is 1. The molecule has 0 aliphatic rings. The van der Waals surface area contributed by atoms with Crippen molar-refractivity contribution in [3.8, 4) is 17.0 Å². The largest absolute Gasteiger partial charge is 0.506 e. The first-order valence-corrected chi connectivity index (χ1v) is 10.1. The summed E-state index contributed by atoms with van der Waals surface area (Å²) in [5.41, 5.74) is 6.05. The van der Waals surface area contributed by atoms with E-state index in [1.165, 1.54) is 12.1 Å². The molecule has 0 atom stereocenters. The summed E-state index contributed by atoms with van der Waals surface area (Å²) in [4.78, 5) is 28.2. The highest BCUT2D eigenvalue weighted by molar-refractivity contribution is 5.95. The number of phenolic OH excluding ortho intramolecular Hbond substituents is 1. The fraction of sp³-hybridized carbons (Fsp3) is 0.167. The normalized spacial score (nSPS) is 11.0. The molecule has 0 aliphatic carbocycles. The standard InChI is InChI=1S/C24H22N4O4/c1-14-6-7-17(11-16(14)3)23-20(27-10-4-5-15(2)24(27)26-23)13-22(30)25-19-12-18(28(31)32)8-9-21(19)29/h4-12,29H,13H2,1-3H3,(H,25,30). The van der Waals surface area contributed by atoms with Crippen LogP contribution in [0.1, 0.15) is 22.4 Å². The number of carbonyl (C=O) groups excluding carboxylic acids is 1. The van der Waals surface area contributed by atoms with Crippen LogP contribution in [0, 0.1) is 30.9 Å². The summed E-state index contributed by atoms with van der Waals surface area (Å²) < 4.78 is 1.88. The number of aromatic hydroxyl groups is 1. The molecule has 0 bridgehead atoms. The van der Waals surface area contributed by atoms with Gasteiger partial charge in [-0.2, -0.15) is 0 Å². The lowest BCUT2D eigenvalue weighted by Gasteiger charge is -2.10. The lowest BCUT2D eigenvalue weighted by atomic mass is 10.0. The highest BCUT2D eigenvalue weighted by atomic mass is 16.6. The van der Waals surface area contributed by atoms with E-state index in [4.69, 9.17) is 4.98 Å². The summed E-state index contributed by atoms with van der Waals surface area (Å²) in [7, 11) is 0. The zero-order valence-electron chi connectivity index (χ0n) is 17.9. The van der Waals surface area contributed by atoms with Crippen LogP contribution in [0.15, 0.2) is 54.7 Å². The number of aromatic nitrogens is 2. The van der Waals surface area contributed by atoms with Gasteiger partial charge in [0.15, 0.2) is 0 Å². The van der Waals surface area contributed by atoms with Gasteiger partial charge in [0.25, 0.3) is 5.69 Å². The smallest absolute Gasteiger partial charge is 0.271 e. The van der Waals surface area contributed by atoms with Crippen LogP contribution in [0.25, 0.3) is 16.9 Å². The van der Waals surface area contributed by atoms with E-state index in [2.05, 4.69) is 5.32 Å². The molecule has 0 fully saturated rings. The molecule has 2 N–H and O–H groups in total. The van der Waals surface area contributed by atoms with Gasteiger partial charge >= 0.3 is 0 Å². The number of aryl methyl sites for hydroxylation is 3. The fourth-order valence-corrected chi connectivity index (χ4v) is 3.63. The maximum atomic E-state index is 12.9. The van der Waals surface area contributed by atoms with Crippen molar-refractivity contribution < 1.29 is 14.8 Å². The van der Waals surface area contributed by atoms with E-state index in [1.54, 1.807) is 0 Å². The monoisotopic (exact) mass is 430 g/mol. The molecule has 0 unspecified atom stereocenters. The van der Waals surface area contributed by atoms with Gasteiger partial charge in [0, 0.05) is 23.9 Å². The van der Waals surface area contributed by atoms with Gasteiger partial charge in [0.2, 0.25) is 5.91 Å². The topological polar surface area (TPSA) is 110 Å². The lowest BCUT2D eigenvalue weighted by Crippen LogP contribution is -2.16. The van der Waals surface area contributed by atoms with Crippen molar-refractivity contribution >= 4 is 22.9 Å². The van der Waals surface area contributed by atoms with Crippen molar-refractivity contribution in [1.82, 2.24) is 9.38 Å². The molecule has 8 nitrogen and oxygen atoms in total. The number of pyridine rings is 1. The second-order valence-corrected chi connectivity index (χ2v) is 7.77. The van der Waals surface area contributed by atoms with E-state index in [0.29, 0.717) is 11.4 Å². The van der Waals surface area contributed by atoms with E-state index in [9.17, 15) is 20.0 Å². The highest BCUT2D eigenvalue weighted by Crippen LogP contribution is 2.30. The summed E-state index contributed by atoms with van der Waals surface area (Å²) in [6.45, 7) is 6.02. The minimum atomic E-state index is -0.583. The molecule has 0 saturated heterocycles. The number of hydrogen-bond acceptors (Lipinski definition) is 5. The molecule has 0 radical (unpaired) electrons. The van der Waals surface area contributed by atoms with Gasteiger partial charge < -0.3 is 14.8 Å². The first-order chi connectivity index (χ1) is 15.2. The van der Waals surface area contributed by atoms with Gasteiger partial charge in [-0.1, -0.05) is 18.2 Å². The zero-order valence-corrected chi connectivity index (χ0v) is 17.9. The molecule has 4 rings (SSSR count). The quantitative estimate of drug-likeness (QED) is 0.270. The van der Waals surface area contributed by atoms with Crippen molar-refractivity contribution in [1.29, 1.82) is 0 Å². The Morgan fingerprint density at radius 3 is 2.59 bits per heavy atom. The third kappa shape index (κ3) is 3.90. The number of fused-ring (bicyclic) bond motifs is 1. The summed E-state index contributed by atoms with van der Waals surface area (Å²) in [6.07, 6.45) is 1.82. The van der Waals surface area contributed by atoms with Crippen LogP contribution in [0.3, 0.4) is 0 Å². The Labute approximate surface area is 184 Å². The van der Waals surface area contributed by atoms with Crippen LogP contribution >= 0.6 is 0 Å². The van der Waals surface area contributed by atoms with Crippen molar-refractivity contribution in [2.75, 3.05) is 5.32 Å².